The SMILES string of the molecule is C=C.CC/C(C)=N\c1ncccc1C.Cc1cc(-c2ccccc2)c2ccccc2n1. The molecule has 0 fully saturated rings. The van der Waals surface area contributed by atoms with Gasteiger partial charge in [-0.3, -0.25) is 4.98 Å². The third-order valence-electron chi connectivity index (χ3n) is 4.72. The van der Waals surface area contributed by atoms with Gasteiger partial charge < -0.3 is 0 Å². The lowest BCUT2D eigenvalue weighted by Gasteiger charge is -2.07. The van der Waals surface area contributed by atoms with Crippen LogP contribution in [0.3, 0.4) is 0 Å². The average Bonchev–Trinajstić information content (AvgIpc) is 2.82. The molecule has 4 aromatic rings. The van der Waals surface area contributed by atoms with Crippen LogP contribution in [-0.4, -0.2) is 15.7 Å². The van der Waals surface area contributed by atoms with Gasteiger partial charge in [0.15, 0.2) is 5.82 Å². The van der Waals surface area contributed by atoms with E-state index in [4.69, 9.17) is 0 Å². The van der Waals surface area contributed by atoms with E-state index in [0.29, 0.717) is 0 Å². The van der Waals surface area contributed by atoms with E-state index in [1.54, 1.807) is 6.20 Å². The van der Waals surface area contributed by atoms with Crippen molar-refractivity contribution in [2.75, 3.05) is 0 Å². The Kier molecular flexibility index (Phi) is 9.31. The molecule has 0 saturated heterocycles. The average molecular weight is 410 g/mol. The smallest absolute Gasteiger partial charge is 0.154 e. The molecule has 2 heterocycles. The molecule has 2 aromatic carbocycles. The van der Waals surface area contributed by atoms with Crippen LogP contribution >= 0.6 is 0 Å². The Morgan fingerprint density at radius 1 is 0.903 bits per heavy atom. The van der Waals surface area contributed by atoms with Gasteiger partial charge in [-0.25, -0.2) is 9.98 Å². The van der Waals surface area contributed by atoms with Gasteiger partial charge in [-0.05, 0) is 62.1 Å². The van der Waals surface area contributed by atoms with Crippen LogP contribution in [-0.2, 0) is 0 Å². The summed E-state index contributed by atoms with van der Waals surface area (Å²) in [4.78, 5) is 13.1. The number of nitrogens with zero attached hydrogens (tertiary/aromatic N) is 3. The molecule has 0 aliphatic rings. The summed E-state index contributed by atoms with van der Waals surface area (Å²) in [5.41, 5.74) is 6.87. The van der Waals surface area contributed by atoms with Crippen LogP contribution in [0.15, 0.2) is 97.1 Å². The van der Waals surface area contributed by atoms with Crippen molar-refractivity contribution in [2.24, 2.45) is 4.99 Å². The summed E-state index contributed by atoms with van der Waals surface area (Å²) in [6.45, 7) is 14.2. The van der Waals surface area contributed by atoms with Crippen LogP contribution in [0.4, 0.5) is 5.82 Å². The van der Waals surface area contributed by atoms with Gasteiger partial charge in [-0.1, -0.05) is 61.5 Å². The summed E-state index contributed by atoms with van der Waals surface area (Å²) in [5, 5.41) is 1.21. The zero-order valence-electron chi connectivity index (χ0n) is 19.0. The molecule has 0 radical (unpaired) electrons. The van der Waals surface area contributed by atoms with Gasteiger partial charge >= 0.3 is 0 Å². The highest BCUT2D eigenvalue weighted by molar-refractivity contribution is 5.94. The Morgan fingerprint density at radius 3 is 2.26 bits per heavy atom. The monoisotopic (exact) mass is 409 g/mol. The molecule has 2 aromatic heterocycles. The molecule has 0 amide bonds. The fraction of sp³-hybridized carbons (Fsp3) is 0.179. The van der Waals surface area contributed by atoms with Crippen molar-refractivity contribution in [1.29, 1.82) is 0 Å². The second-order valence-electron chi connectivity index (χ2n) is 7.04. The summed E-state index contributed by atoms with van der Waals surface area (Å²) in [6.07, 6.45) is 2.75. The first kappa shape index (κ1) is 23.7. The van der Waals surface area contributed by atoms with E-state index in [2.05, 4.69) is 83.6 Å². The molecule has 0 unspecified atom stereocenters. The van der Waals surface area contributed by atoms with E-state index in [1.165, 1.54) is 16.5 Å². The van der Waals surface area contributed by atoms with Crippen molar-refractivity contribution in [2.45, 2.75) is 34.1 Å². The first-order chi connectivity index (χ1) is 15.1. The lowest BCUT2D eigenvalue weighted by Crippen LogP contribution is -1.88. The Bertz CT molecular complexity index is 1130. The number of fused-ring (bicyclic) bond motifs is 1. The van der Waals surface area contributed by atoms with Crippen LogP contribution in [0.25, 0.3) is 22.0 Å². The Morgan fingerprint density at radius 2 is 1.58 bits per heavy atom. The summed E-state index contributed by atoms with van der Waals surface area (Å²) >= 11 is 0. The molecule has 0 N–H and O–H groups in total. The van der Waals surface area contributed by atoms with Crippen molar-refractivity contribution in [3.63, 3.8) is 0 Å². The van der Waals surface area contributed by atoms with Gasteiger partial charge in [0.1, 0.15) is 0 Å². The lowest BCUT2D eigenvalue weighted by atomic mass is 10.0. The number of pyridine rings is 2. The van der Waals surface area contributed by atoms with Crippen LogP contribution < -0.4 is 0 Å². The largest absolute Gasteiger partial charge is 0.253 e. The topological polar surface area (TPSA) is 38.1 Å². The number of para-hydroxylation sites is 1. The molecule has 0 saturated carbocycles. The fourth-order valence-corrected chi connectivity index (χ4v) is 3.02. The molecule has 31 heavy (non-hydrogen) atoms. The van der Waals surface area contributed by atoms with E-state index in [9.17, 15) is 0 Å². The fourth-order valence-electron chi connectivity index (χ4n) is 3.02. The number of hydrogen-bond acceptors (Lipinski definition) is 3. The maximum atomic E-state index is 4.56. The van der Waals surface area contributed by atoms with Crippen molar-refractivity contribution >= 4 is 22.4 Å². The van der Waals surface area contributed by atoms with Gasteiger partial charge in [0.25, 0.3) is 0 Å². The molecule has 0 aliphatic heterocycles. The van der Waals surface area contributed by atoms with E-state index in [1.807, 2.05) is 45.0 Å². The zero-order valence-corrected chi connectivity index (χ0v) is 19.0. The zero-order chi connectivity index (χ0) is 22.6. The molecule has 0 atom stereocenters. The minimum absolute atomic E-state index is 0.844. The van der Waals surface area contributed by atoms with Crippen LogP contribution in [0.1, 0.15) is 31.5 Å². The van der Waals surface area contributed by atoms with Crippen LogP contribution in [0.5, 0.6) is 0 Å². The van der Waals surface area contributed by atoms with E-state index >= 15 is 0 Å². The van der Waals surface area contributed by atoms with Crippen molar-refractivity contribution < 1.29 is 0 Å². The predicted molar refractivity (Wildman–Crippen MR) is 135 cm³/mol. The predicted octanol–water partition coefficient (Wildman–Crippen LogP) is 7.90. The number of benzene rings is 2. The van der Waals surface area contributed by atoms with Crippen molar-refractivity contribution in [3.8, 4) is 11.1 Å². The van der Waals surface area contributed by atoms with Gasteiger partial charge in [-0.15, -0.1) is 13.2 Å². The minimum atomic E-state index is 0.844. The van der Waals surface area contributed by atoms with E-state index in [0.717, 1.165) is 34.7 Å². The highest BCUT2D eigenvalue weighted by Gasteiger charge is 2.05. The van der Waals surface area contributed by atoms with Gasteiger partial charge in [-0.2, -0.15) is 0 Å². The maximum absolute atomic E-state index is 4.56. The molecule has 4 rings (SSSR count). The normalized spacial score (nSPS) is 10.5. The second kappa shape index (κ2) is 12.2. The number of aromatic nitrogens is 2. The molecule has 3 heteroatoms. The number of hydrogen-bond donors (Lipinski definition) is 0. The van der Waals surface area contributed by atoms with Gasteiger partial charge in [0, 0.05) is 23.0 Å². The van der Waals surface area contributed by atoms with Gasteiger partial charge in [0.05, 0.1) is 5.52 Å². The number of rotatable bonds is 3. The third-order valence-corrected chi connectivity index (χ3v) is 4.72. The number of aryl methyl sites for hydroxylation is 2. The van der Waals surface area contributed by atoms with E-state index < -0.39 is 0 Å². The Hall–Kier alpha value is -3.59. The Labute approximate surface area is 186 Å². The quantitative estimate of drug-likeness (QED) is 0.255. The highest BCUT2D eigenvalue weighted by Crippen LogP contribution is 2.28. The molecule has 158 valence electrons. The number of aliphatic imine (C=N–C) groups is 1. The summed E-state index contributed by atoms with van der Waals surface area (Å²) in [7, 11) is 0. The van der Waals surface area contributed by atoms with E-state index in [-0.39, 0.29) is 0 Å². The molecule has 0 aliphatic carbocycles. The van der Waals surface area contributed by atoms with Crippen molar-refractivity contribution in [1.82, 2.24) is 9.97 Å². The maximum Gasteiger partial charge on any atom is 0.154 e. The first-order valence-electron chi connectivity index (χ1n) is 10.5. The highest BCUT2D eigenvalue weighted by atomic mass is 14.9. The summed E-state index contributed by atoms with van der Waals surface area (Å²) in [5.74, 6) is 0.844. The lowest BCUT2D eigenvalue weighted by molar-refractivity contribution is 1.19. The summed E-state index contributed by atoms with van der Waals surface area (Å²) in [6, 6.07) is 24.8. The second-order valence-corrected chi connectivity index (χ2v) is 7.04. The van der Waals surface area contributed by atoms with Crippen LogP contribution in [0.2, 0.25) is 0 Å². The molecular weight excluding hydrogens is 378 g/mol. The standard InChI is InChI=1S/C16H13N.C10H14N2.C2H4/c1-12-11-15(13-7-3-2-4-8-13)14-9-5-6-10-16(14)17-12;1-4-9(3)12-10-8(2)6-5-7-11-10;1-2/h2-11H,1H3;5-7H,4H2,1-3H3;1-2H2/b;12-9-;. The molecular formula is C28H31N3. The molecule has 0 spiro atoms. The molecule has 0 bridgehead atoms. The summed E-state index contributed by atoms with van der Waals surface area (Å²) < 4.78 is 0. The van der Waals surface area contributed by atoms with Crippen LogP contribution in [0, 0.1) is 13.8 Å². The molecule has 3 nitrogen and oxygen atoms in total. The third kappa shape index (κ3) is 6.71. The first-order valence-corrected chi connectivity index (χ1v) is 10.5. The Balaban J connectivity index is 0.000000216. The van der Waals surface area contributed by atoms with Gasteiger partial charge in [0.2, 0.25) is 0 Å². The van der Waals surface area contributed by atoms with Crippen molar-refractivity contribution in [3.05, 3.63) is 103 Å². The minimum Gasteiger partial charge on any atom is -0.253 e.